The molecule has 0 aliphatic carbocycles. The Morgan fingerprint density at radius 2 is 2.11 bits per heavy atom. The molecule has 1 rings (SSSR count). The van der Waals surface area contributed by atoms with E-state index in [2.05, 4.69) is 19.2 Å². The molecule has 0 amide bonds. The smallest absolute Gasteiger partial charge is 0.261 e. The molecule has 0 aliphatic rings. The van der Waals surface area contributed by atoms with E-state index in [9.17, 15) is 8.78 Å². The topological polar surface area (TPSA) is 34.4 Å². The van der Waals surface area contributed by atoms with Crippen LogP contribution in [0.1, 0.15) is 30.9 Å². The highest BCUT2D eigenvalue weighted by Gasteiger charge is 2.09. The Labute approximate surface area is 107 Å². The third-order valence-corrected chi connectivity index (χ3v) is 2.43. The minimum Gasteiger partial charge on any atom is -0.464 e. The lowest BCUT2D eigenvalue weighted by atomic mass is 10.2. The van der Waals surface area contributed by atoms with Crippen molar-refractivity contribution in [2.24, 2.45) is 5.92 Å². The fourth-order valence-electron chi connectivity index (χ4n) is 1.58. The van der Waals surface area contributed by atoms with Gasteiger partial charge in [-0.3, -0.25) is 0 Å². The van der Waals surface area contributed by atoms with Gasteiger partial charge in [-0.25, -0.2) is 8.78 Å². The van der Waals surface area contributed by atoms with Crippen LogP contribution in [0.4, 0.5) is 8.78 Å². The van der Waals surface area contributed by atoms with Crippen molar-refractivity contribution in [3.63, 3.8) is 0 Å². The highest BCUT2D eigenvalue weighted by Crippen LogP contribution is 2.15. The summed E-state index contributed by atoms with van der Waals surface area (Å²) in [5.74, 6) is 1.99. The van der Waals surface area contributed by atoms with Crippen LogP contribution in [-0.2, 0) is 17.9 Å². The molecule has 0 spiro atoms. The summed E-state index contributed by atoms with van der Waals surface area (Å²) in [6.45, 7) is 7.33. The van der Waals surface area contributed by atoms with E-state index < -0.39 is 13.0 Å². The molecule has 0 aliphatic heterocycles. The van der Waals surface area contributed by atoms with E-state index in [-0.39, 0.29) is 6.61 Å². The molecule has 1 aromatic heterocycles. The Balaban J connectivity index is 2.38. The Kier molecular flexibility index (Phi) is 6.29. The van der Waals surface area contributed by atoms with Crippen LogP contribution in [0, 0.1) is 12.8 Å². The normalized spacial score (nSPS) is 11.7. The molecular formula is C13H21F2NO2. The first-order chi connectivity index (χ1) is 8.49. The van der Waals surface area contributed by atoms with Crippen LogP contribution in [0.25, 0.3) is 0 Å². The van der Waals surface area contributed by atoms with Gasteiger partial charge in [-0.05, 0) is 25.5 Å². The van der Waals surface area contributed by atoms with Gasteiger partial charge in [0.25, 0.3) is 6.43 Å². The van der Waals surface area contributed by atoms with E-state index in [1.54, 1.807) is 0 Å². The predicted octanol–water partition coefficient (Wildman–Crippen LogP) is 3.12. The molecule has 3 nitrogen and oxygen atoms in total. The second-order valence-corrected chi connectivity index (χ2v) is 4.73. The van der Waals surface area contributed by atoms with E-state index in [1.807, 2.05) is 13.0 Å². The van der Waals surface area contributed by atoms with Crippen LogP contribution in [-0.4, -0.2) is 19.6 Å². The fourth-order valence-corrected chi connectivity index (χ4v) is 1.58. The van der Waals surface area contributed by atoms with Crippen molar-refractivity contribution in [1.29, 1.82) is 0 Å². The molecule has 0 unspecified atom stereocenters. The van der Waals surface area contributed by atoms with E-state index in [4.69, 9.17) is 9.15 Å². The zero-order valence-electron chi connectivity index (χ0n) is 11.1. The maximum Gasteiger partial charge on any atom is 0.261 e. The standard InChI is InChI=1S/C13H21F2NO2/c1-9(2)5-16-6-11-4-12(18-10(11)3)7-17-8-13(14)15/h4,9,13,16H,5-8H2,1-3H3. The first-order valence-corrected chi connectivity index (χ1v) is 6.13. The Bertz CT molecular complexity index is 351. The molecule has 0 bridgehead atoms. The maximum atomic E-state index is 11.9. The van der Waals surface area contributed by atoms with Gasteiger partial charge < -0.3 is 14.5 Å². The number of aryl methyl sites for hydroxylation is 1. The Morgan fingerprint density at radius 3 is 2.72 bits per heavy atom. The quantitative estimate of drug-likeness (QED) is 0.780. The minimum atomic E-state index is -2.44. The fraction of sp³-hybridized carbons (Fsp3) is 0.692. The number of ether oxygens (including phenoxy) is 1. The van der Waals surface area contributed by atoms with Gasteiger partial charge in [-0.15, -0.1) is 0 Å². The van der Waals surface area contributed by atoms with Crippen LogP contribution in [0.5, 0.6) is 0 Å². The summed E-state index contributed by atoms with van der Waals surface area (Å²) in [6.07, 6.45) is -2.44. The van der Waals surface area contributed by atoms with Crippen LogP contribution < -0.4 is 5.32 Å². The molecule has 1 aromatic rings. The zero-order chi connectivity index (χ0) is 13.5. The lowest BCUT2D eigenvalue weighted by Gasteiger charge is -2.05. The van der Waals surface area contributed by atoms with Crippen molar-refractivity contribution >= 4 is 0 Å². The summed E-state index contributed by atoms with van der Waals surface area (Å²) in [7, 11) is 0. The van der Waals surface area contributed by atoms with Crippen molar-refractivity contribution < 1.29 is 17.9 Å². The molecule has 104 valence electrons. The van der Waals surface area contributed by atoms with Crippen LogP contribution in [0.15, 0.2) is 10.5 Å². The van der Waals surface area contributed by atoms with Gasteiger partial charge in [0.15, 0.2) is 0 Å². The average molecular weight is 261 g/mol. The molecule has 0 atom stereocenters. The molecule has 0 aromatic carbocycles. The van der Waals surface area contributed by atoms with Crippen molar-refractivity contribution in [3.8, 4) is 0 Å². The summed E-state index contributed by atoms with van der Waals surface area (Å²) in [5, 5.41) is 3.31. The molecule has 0 radical (unpaired) electrons. The summed E-state index contributed by atoms with van der Waals surface area (Å²) in [4.78, 5) is 0. The van der Waals surface area contributed by atoms with Crippen LogP contribution in [0.3, 0.4) is 0 Å². The monoisotopic (exact) mass is 261 g/mol. The largest absolute Gasteiger partial charge is 0.464 e. The second-order valence-electron chi connectivity index (χ2n) is 4.73. The van der Waals surface area contributed by atoms with Gasteiger partial charge >= 0.3 is 0 Å². The number of hydrogen-bond donors (Lipinski definition) is 1. The number of alkyl halides is 2. The van der Waals surface area contributed by atoms with Crippen molar-refractivity contribution in [3.05, 3.63) is 23.2 Å². The molecular weight excluding hydrogens is 240 g/mol. The summed E-state index contributed by atoms with van der Waals surface area (Å²) in [6, 6.07) is 1.86. The van der Waals surface area contributed by atoms with Gasteiger partial charge in [-0.1, -0.05) is 13.8 Å². The highest BCUT2D eigenvalue weighted by molar-refractivity contribution is 5.20. The van der Waals surface area contributed by atoms with Gasteiger partial charge in [0.05, 0.1) is 0 Å². The number of hydrogen-bond acceptors (Lipinski definition) is 3. The number of halogens is 2. The molecule has 0 saturated heterocycles. The number of nitrogens with one attached hydrogen (secondary N) is 1. The third-order valence-electron chi connectivity index (χ3n) is 2.43. The molecule has 0 saturated carbocycles. The van der Waals surface area contributed by atoms with Crippen LogP contribution >= 0.6 is 0 Å². The summed E-state index contributed by atoms with van der Waals surface area (Å²) < 4.78 is 34.1. The van der Waals surface area contributed by atoms with E-state index in [0.717, 1.165) is 24.4 Å². The van der Waals surface area contributed by atoms with Gasteiger partial charge in [0, 0.05) is 12.1 Å². The molecule has 0 fully saturated rings. The van der Waals surface area contributed by atoms with Crippen molar-refractivity contribution in [1.82, 2.24) is 5.32 Å². The van der Waals surface area contributed by atoms with Gasteiger partial charge in [0.1, 0.15) is 24.7 Å². The second kappa shape index (κ2) is 7.48. The number of furan rings is 1. The lowest BCUT2D eigenvalue weighted by molar-refractivity contribution is 0.00437. The Hall–Kier alpha value is -0.940. The van der Waals surface area contributed by atoms with Crippen molar-refractivity contribution in [2.45, 2.75) is 40.3 Å². The zero-order valence-corrected chi connectivity index (χ0v) is 11.1. The van der Waals surface area contributed by atoms with E-state index in [0.29, 0.717) is 11.7 Å². The highest BCUT2D eigenvalue weighted by atomic mass is 19.3. The van der Waals surface area contributed by atoms with E-state index in [1.165, 1.54) is 0 Å². The van der Waals surface area contributed by atoms with E-state index >= 15 is 0 Å². The molecule has 1 N–H and O–H groups in total. The minimum absolute atomic E-state index is 0.0926. The van der Waals surface area contributed by atoms with Gasteiger partial charge in [0.2, 0.25) is 0 Å². The van der Waals surface area contributed by atoms with Gasteiger partial charge in [-0.2, -0.15) is 0 Å². The maximum absolute atomic E-state index is 11.9. The molecule has 18 heavy (non-hydrogen) atoms. The number of rotatable bonds is 8. The predicted molar refractivity (Wildman–Crippen MR) is 65.6 cm³/mol. The average Bonchev–Trinajstić information content (AvgIpc) is 2.58. The first kappa shape index (κ1) is 15.1. The Morgan fingerprint density at radius 1 is 1.39 bits per heavy atom. The molecule has 1 heterocycles. The summed E-state index contributed by atoms with van der Waals surface area (Å²) >= 11 is 0. The molecule has 5 heteroatoms. The first-order valence-electron chi connectivity index (χ1n) is 6.13. The lowest BCUT2D eigenvalue weighted by Crippen LogP contribution is -2.18. The van der Waals surface area contributed by atoms with Crippen LogP contribution in [0.2, 0.25) is 0 Å². The summed E-state index contributed by atoms with van der Waals surface area (Å²) in [5.41, 5.74) is 1.05. The van der Waals surface area contributed by atoms with Crippen molar-refractivity contribution in [2.75, 3.05) is 13.2 Å². The SMILES string of the molecule is Cc1oc(COCC(F)F)cc1CNCC(C)C. The third kappa shape index (κ3) is 5.60.